The van der Waals surface area contributed by atoms with Gasteiger partial charge >= 0.3 is 0 Å². The monoisotopic (exact) mass is 313 g/mol. The van der Waals surface area contributed by atoms with Crippen molar-refractivity contribution in [3.8, 4) is 0 Å². The molecule has 1 heterocycles. The molecule has 1 amide bonds. The number of carbonyl (C=O) groups is 1. The van der Waals surface area contributed by atoms with Crippen LogP contribution in [0.15, 0.2) is 24.3 Å². The molecule has 0 saturated carbocycles. The molecule has 1 aromatic rings. The van der Waals surface area contributed by atoms with Gasteiger partial charge in [0.15, 0.2) is 0 Å². The Morgan fingerprint density at radius 3 is 2.65 bits per heavy atom. The summed E-state index contributed by atoms with van der Waals surface area (Å²) in [4.78, 5) is 13.9. The lowest BCUT2D eigenvalue weighted by Gasteiger charge is -2.30. The molecule has 1 aliphatic heterocycles. The van der Waals surface area contributed by atoms with Crippen LogP contribution < -0.4 is 0 Å². The summed E-state index contributed by atoms with van der Waals surface area (Å²) in [6.45, 7) is 1.60. The molecule has 0 atom stereocenters. The maximum atomic E-state index is 12.1. The first-order chi connectivity index (χ1) is 9.60. The van der Waals surface area contributed by atoms with E-state index in [4.69, 9.17) is 28.3 Å². The van der Waals surface area contributed by atoms with Crippen LogP contribution in [-0.4, -0.2) is 35.6 Å². The summed E-state index contributed by atoms with van der Waals surface area (Å²) in [6, 6.07) is 5.18. The lowest BCUT2D eigenvalue weighted by molar-refractivity contribution is -0.127. The standard InChI is InChI=1S/C15H17Cl2NO2/c16-13-3-1-12(14(17)9-13)2-4-15(20)18-7-5-11(10-19)6-8-18/h1-4,9,11,19H,5-8,10H2/b4-2+. The van der Waals surface area contributed by atoms with Gasteiger partial charge in [0.1, 0.15) is 0 Å². The van der Waals surface area contributed by atoms with Crippen molar-refractivity contribution in [1.82, 2.24) is 4.90 Å². The van der Waals surface area contributed by atoms with Gasteiger partial charge in [-0.05, 0) is 42.5 Å². The number of amides is 1. The molecule has 0 aliphatic carbocycles. The fourth-order valence-electron chi connectivity index (χ4n) is 2.24. The van der Waals surface area contributed by atoms with Crippen LogP contribution in [0, 0.1) is 5.92 Å². The lowest BCUT2D eigenvalue weighted by atomic mass is 9.98. The highest BCUT2D eigenvalue weighted by molar-refractivity contribution is 6.35. The molecule has 1 aliphatic rings. The molecule has 0 spiro atoms. The number of likely N-dealkylation sites (tertiary alicyclic amines) is 1. The van der Waals surface area contributed by atoms with E-state index < -0.39 is 0 Å². The average Bonchev–Trinajstić information content (AvgIpc) is 2.46. The summed E-state index contributed by atoms with van der Waals surface area (Å²) in [6.07, 6.45) is 4.96. The normalized spacial score (nSPS) is 16.9. The third-order valence-corrected chi connectivity index (χ3v) is 4.11. The van der Waals surface area contributed by atoms with E-state index in [9.17, 15) is 4.79 Å². The third-order valence-electron chi connectivity index (χ3n) is 3.55. The predicted octanol–water partition coefficient (Wildman–Crippen LogP) is 3.24. The van der Waals surface area contributed by atoms with E-state index in [1.54, 1.807) is 29.2 Å². The quantitative estimate of drug-likeness (QED) is 0.870. The van der Waals surface area contributed by atoms with Gasteiger partial charge in [0, 0.05) is 35.8 Å². The molecule has 1 fully saturated rings. The highest BCUT2D eigenvalue weighted by Crippen LogP contribution is 2.22. The largest absolute Gasteiger partial charge is 0.396 e. The van der Waals surface area contributed by atoms with E-state index in [0.29, 0.717) is 29.1 Å². The number of nitrogens with zero attached hydrogens (tertiary/aromatic N) is 1. The molecular weight excluding hydrogens is 297 g/mol. The number of hydrogen-bond acceptors (Lipinski definition) is 2. The summed E-state index contributed by atoms with van der Waals surface area (Å²) in [7, 11) is 0. The Labute approximate surface area is 128 Å². The van der Waals surface area contributed by atoms with Gasteiger partial charge in [-0.25, -0.2) is 0 Å². The first-order valence-corrected chi connectivity index (χ1v) is 7.38. The Morgan fingerprint density at radius 2 is 2.05 bits per heavy atom. The number of hydrogen-bond donors (Lipinski definition) is 1. The summed E-state index contributed by atoms with van der Waals surface area (Å²) in [5, 5.41) is 10.2. The zero-order valence-corrected chi connectivity index (χ0v) is 12.6. The van der Waals surface area contributed by atoms with Crippen LogP contribution in [0.25, 0.3) is 6.08 Å². The van der Waals surface area contributed by atoms with Gasteiger partial charge in [-0.3, -0.25) is 4.79 Å². The van der Waals surface area contributed by atoms with Gasteiger partial charge in [-0.1, -0.05) is 29.3 Å². The van der Waals surface area contributed by atoms with E-state index in [-0.39, 0.29) is 12.5 Å². The molecule has 5 heteroatoms. The number of halogens is 2. The molecule has 1 N–H and O–H groups in total. The summed E-state index contributed by atoms with van der Waals surface area (Å²) >= 11 is 11.9. The Kier molecular flexibility index (Phi) is 5.46. The van der Waals surface area contributed by atoms with Crippen LogP contribution in [0.3, 0.4) is 0 Å². The van der Waals surface area contributed by atoms with Crippen molar-refractivity contribution in [2.75, 3.05) is 19.7 Å². The second-order valence-corrected chi connectivity index (χ2v) is 5.79. The van der Waals surface area contributed by atoms with Crippen molar-refractivity contribution in [2.24, 2.45) is 5.92 Å². The minimum absolute atomic E-state index is 0.0209. The van der Waals surface area contributed by atoms with Crippen molar-refractivity contribution in [3.63, 3.8) is 0 Å². The first-order valence-electron chi connectivity index (χ1n) is 6.63. The van der Waals surface area contributed by atoms with Crippen molar-refractivity contribution >= 4 is 35.2 Å². The molecule has 20 heavy (non-hydrogen) atoms. The topological polar surface area (TPSA) is 40.5 Å². The van der Waals surface area contributed by atoms with Crippen LogP contribution in [0.2, 0.25) is 10.0 Å². The second kappa shape index (κ2) is 7.11. The molecule has 1 aromatic carbocycles. The molecule has 0 aromatic heterocycles. The van der Waals surface area contributed by atoms with Gasteiger partial charge in [-0.15, -0.1) is 0 Å². The molecule has 3 nitrogen and oxygen atoms in total. The highest BCUT2D eigenvalue weighted by Gasteiger charge is 2.20. The van der Waals surface area contributed by atoms with Gasteiger partial charge in [0.2, 0.25) is 5.91 Å². The maximum absolute atomic E-state index is 12.1. The fourth-order valence-corrected chi connectivity index (χ4v) is 2.71. The van der Waals surface area contributed by atoms with Gasteiger partial charge < -0.3 is 10.0 Å². The first kappa shape index (κ1) is 15.4. The smallest absolute Gasteiger partial charge is 0.246 e. The Bertz CT molecular complexity index is 509. The van der Waals surface area contributed by atoms with Crippen LogP contribution in [-0.2, 0) is 4.79 Å². The zero-order valence-electron chi connectivity index (χ0n) is 11.1. The second-order valence-electron chi connectivity index (χ2n) is 4.95. The lowest BCUT2D eigenvalue weighted by Crippen LogP contribution is -2.38. The minimum Gasteiger partial charge on any atom is -0.396 e. The third kappa shape index (κ3) is 3.98. The van der Waals surface area contributed by atoms with Crippen molar-refractivity contribution in [2.45, 2.75) is 12.8 Å². The molecule has 108 valence electrons. The maximum Gasteiger partial charge on any atom is 0.246 e. The average molecular weight is 314 g/mol. The number of aliphatic hydroxyl groups excluding tert-OH is 1. The molecular formula is C15H17Cl2NO2. The van der Waals surface area contributed by atoms with E-state index in [0.717, 1.165) is 18.4 Å². The molecule has 0 unspecified atom stereocenters. The van der Waals surface area contributed by atoms with Crippen LogP contribution in [0.4, 0.5) is 0 Å². The predicted molar refractivity (Wildman–Crippen MR) is 81.9 cm³/mol. The van der Waals surface area contributed by atoms with Crippen molar-refractivity contribution in [3.05, 3.63) is 39.9 Å². The number of piperidine rings is 1. The molecule has 2 rings (SSSR count). The van der Waals surface area contributed by atoms with E-state index in [1.807, 2.05) is 0 Å². The van der Waals surface area contributed by atoms with Crippen molar-refractivity contribution < 1.29 is 9.90 Å². The minimum atomic E-state index is -0.0209. The molecule has 1 saturated heterocycles. The van der Waals surface area contributed by atoms with E-state index in [2.05, 4.69) is 0 Å². The number of benzene rings is 1. The number of rotatable bonds is 3. The highest BCUT2D eigenvalue weighted by atomic mass is 35.5. The van der Waals surface area contributed by atoms with Crippen LogP contribution in [0.5, 0.6) is 0 Å². The fraction of sp³-hybridized carbons (Fsp3) is 0.400. The van der Waals surface area contributed by atoms with Crippen molar-refractivity contribution in [1.29, 1.82) is 0 Å². The van der Waals surface area contributed by atoms with E-state index >= 15 is 0 Å². The number of aliphatic hydroxyl groups is 1. The Balaban J connectivity index is 1.96. The Morgan fingerprint density at radius 1 is 1.35 bits per heavy atom. The van der Waals surface area contributed by atoms with Crippen LogP contribution in [0.1, 0.15) is 18.4 Å². The SMILES string of the molecule is O=C(/C=C/c1ccc(Cl)cc1Cl)N1CCC(CO)CC1. The van der Waals surface area contributed by atoms with Gasteiger partial charge in [-0.2, -0.15) is 0 Å². The van der Waals surface area contributed by atoms with Crippen LogP contribution >= 0.6 is 23.2 Å². The summed E-state index contributed by atoms with van der Waals surface area (Å²) in [5.41, 5.74) is 0.773. The number of carbonyl (C=O) groups excluding carboxylic acids is 1. The summed E-state index contributed by atoms with van der Waals surface area (Å²) < 4.78 is 0. The molecule has 0 radical (unpaired) electrons. The Hall–Kier alpha value is -1.03. The van der Waals surface area contributed by atoms with Gasteiger partial charge in [0.25, 0.3) is 0 Å². The summed E-state index contributed by atoms with van der Waals surface area (Å²) in [5.74, 6) is 0.307. The molecule has 0 bridgehead atoms. The van der Waals surface area contributed by atoms with Gasteiger partial charge in [0.05, 0.1) is 0 Å². The zero-order chi connectivity index (χ0) is 14.5. The van der Waals surface area contributed by atoms with E-state index in [1.165, 1.54) is 6.08 Å².